The van der Waals surface area contributed by atoms with Crippen molar-refractivity contribution < 1.29 is 0 Å². The molecule has 1 nitrogen and oxygen atoms in total. The van der Waals surface area contributed by atoms with E-state index in [4.69, 9.17) is 0 Å². The number of nitrogens with one attached hydrogen (secondary N) is 1. The summed E-state index contributed by atoms with van der Waals surface area (Å²) in [7, 11) is 0. The van der Waals surface area contributed by atoms with Crippen molar-refractivity contribution in [3.05, 3.63) is 0 Å². The van der Waals surface area contributed by atoms with Gasteiger partial charge < -0.3 is 5.32 Å². The van der Waals surface area contributed by atoms with E-state index in [1.165, 1.54) is 57.9 Å². The highest BCUT2D eigenvalue weighted by atomic mass is 32.2. The molecule has 2 fully saturated rings. The third kappa shape index (κ3) is 3.39. The van der Waals surface area contributed by atoms with Crippen LogP contribution in [-0.2, 0) is 0 Å². The Labute approximate surface area is 98.8 Å². The van der Waals surface area contributed by atoms with Crippen LogP contribution in [-0.4, -0.2) is 23.1 Å². The molecule has 2 heteroatoms. The van der Waals surface area contributed by atoms with Gasteiger partial charge in [-0.15, -0.1) is 0 Å². The zero-order chi connectivity index (χ0) is 10.5. The second-order valence-corrected chi connectivity index (χ2v) is 6.62. The SMILES string of the molecule is CCCNC1CCCC1SC1CCCC1. The van der Waals surface area contributed by atoms with E-state index in [0.717, 1.165) is 16.5 Å². The highest BCUT2D eigenvalue weighted by molar-refractivity contribution is 8.00. The summed E-state index contributed by atoms with van der Waals surface area (Å²) < 4.78 is 0. The van der Waals surface area contributed by atoms with Gasteiger partial charge in [-0.2, -0.15) is 11.8 Å². The third-order valence-corrected chi connectivity index (χ3v) is 5.55. The van der Waals surface area contributed by atoms with E-state index in [9.17, 15) is 0 Å². The van der Waals surface area contributed by atoms with Gasteiger partial charge in [-0.25, -0.2) is 0 Å². The first-order valence-electron chi connectivity index (χ1n) is 6.79. The highest BCUT2D eigenvalue weighted by Crippen LogP contribution is 2.38. The zero-order valence-electron chi connectivity index (χ0n) is 10.0. The largest absolute Gasteiger partial charge is 0.313 e. The fraction of sp³-hybridized carbons (Fsp3) is 1.00. The van der Waals surface area contributed by atoms with Crippen molar-refractivity contribution >= 4 is 11.8 Å². The lowest BCUT2D eigenvalue weighted by Gasteiger charge is -2.23. The van der Waals surface area contributed by atoms with Crippen LogP contribution in [0.2, 0.25) is 0 Å². The molecule has 2 aliphatic rings. The number of hydrogen-bond acceptors (Lipinski definition) is 2. The van der Waals surface area contributed by atoms with Gasteiger partial charge in [0.2, 0.25) is 0 Å². The third-order valence-electron chi connectivity index (χ3n) is 3.78. The Morgan fingerprint density at radius 3 is 2.60 bits per heavy atom. The molecule has 88 valence electrons. The van der Waals surface area contributed by atoms with Crippen LogP contribution < -0.4 is 5.32 Å². The molecule has 2 atom stereocenters. The van der Waals surface area contributed by atoms with E-state index in [0.29, 0.717) is 0 Å². The lowest BCUT2D eigenvalue weighted by atomic mass is 10.2. The summed E-state index contributed by atoms with van der Waals surface area (Å²) in [5.41, 5.74) is 0. The van der Waals surface area contributed by atoms with Crippen molar-refractivity contribution in [2.24, 2.45) is 0 Å². The Kier molecular flexibility index (Phi) is 4.83. The maximum atomic E-state index is 3.73. The molecule has 0 aromatic heterocycles. The van der Waals surface area contributed by atoms with Crippen molar-refractivity contribution in [1.82, 2.24) is 5.32 Å². The fourth-order valence-corrected chi connectivity index (χ4v) is 4.75. The molecule has 2 saturated carbocycles. The number of hydrogen-bond donors (Lipinski definition) is 1. The van der Waals surface area contributed by atoms with Gasteiger partial charge in [0.05, 0.1) is 0 Å². The molecule has 2 rings (SSSR count). The maximum absolute atomic E-state index is 3.73. The molecule has 0 amide bonds. The van der Waals surface area contributed by atoms with Gasteiger partial charge in [0.1, 0.15) is 0 Å². The van der Waals surface area contributed by atoms with Crippen LogP contribution in [0.25, 0.3) is 0 Å². The minimum atomic E-state index is 0.829. The topological polar surface area (TPSA) is 12.0 Å². The van der Waals surface area contributed by atoms with Crippen molar-refractivity contribution in [1.29, 1.82) is 0 Å². The van der Waals surface area contributed by atoms with Crippen LogP contribution in [0.5, 0.6) is 0 Å². The fourth-order valence-electron chi connectivity index (χ4n) is 2.92. The van der Waals surface area contributed by atoms with E-state index in [-0.39, 0.29) is 0 Å². The molecular weight excluding hydrogens is 202 g/mol. The average Bonchev–Trinajstić information content (AvgIpc) is 2.87. The van der Waals surface area contributed by atoms with E-state index in [1.54, 1.807) is 0 Å². The minimum absolute atomic E-state index is 0.829. The molecule has 1 N–H and O–H groups in total. The summed E-state index contributed by atoms with van der Waals surface area (Å²) >= 11 is 2.31. The van der Waals surface area contributed by atoms with Crippen molar-refractivity contribution in [2.45, 2.75) is 74.8 Å². The minimum Gasteiger partial charge on any atom is -0.313 e. The molecule has 2 unspecified atom stereocenters. The molecule has 0 spiro atoms. The van der Waals surface area contributed by atoms with E-state index in [1.807, 2.05) is 0 Å². The molecule has 0 aromatic carbocycles. The number of thioether (sulfide) groups is 1. The van der Waals surface area contributed by atoms with Gasteiger partial charge in [0.15, 0.2) is 0 Å². The molecule has 0 heterocycles. The van der Waals surface area contributed by atoms with Gasteiger partial charge >= 0.3 is 0 Å². The molecule has 0 radical (unpaired) electrons. The van der Waals surface area contributed by atoms with Crippen LogP contribution >= 0.6 is 11.8 Å². The number of rotatable bonds is 5. The molecular formula is C13H25NS. The summed E-state index contributed by atoms with van der Waals surface area (Å²) in [5, 5.41) is 5.66. The van der Waals surface area contributed by atoms with Gasteiger partial charge in [-0.1, -0.05) is 26.2 Å². The van der Waals surface area contributed by atoms with Crippen LogP contribution in [0.4, 0.5) is 0 Å². The van der Waals surface area contributed by atoms with Crippen LogP contribution in [0.15, 0.2) is 0 Å². The molecule has 2 aliphatic carbocycles. The smallest absolute Gasteiger partial charge is 0.0203 e. The van der Waals surface area contributed by atoms with E-state index >= 15 is 0 Å². The van der Waals surface area contributed by atoms with Gasteiger partial charge in [0.25, 0.3) is 0 Å². The zero-order valence-corrected chi connectivity index (χ0v) is 10.8. The van der Waals surface area contributed by atoms with E-state index in [2.05, 4.69) is 24.0 Å². The molecule has 0 aliphatic heterocycles. The Morgan fingerprint density at radius 1 is 1.07 bits per heavy atom. The Morgan fingerprint density at radius 2 is 1.87 bits per heavy atom. The lowest BCUT2D eigenvalue weighted by Crippen LogP contribution is -2.35. The average molecular weight is 227 g/mol. The summed E-state index contributed by atoms with van der Waals surface area (Å²) in [5.74, 6) is 0. The normalized spacial score (nSPS) is 32.6. The second-order valence-electron chi connectivity index (χ2n) is 5.07. The van der Waals surface area contributed by atoms with Gasteiger partial charge in [-0.3, -0.25) is 0 Å². The highest BCUT2D eigenvalue weighted by Gasteiger charge is 2.30. The first-order valence-corrected chi connectivity index (χ1v) is 7.73. The van der Waals surface area contributed by atoms with Gasteiger partial charge in [0, 0.05) is 16.5 Å². The molecule has 0 saturated heterocycles. The first kappa shape index (κ1) is 11.8. The lowest BCUT2D eigenvalue weighted by molar-refractivity contribution is 0.530. The van der Waals surface area contributed by atoms with Crippen LogP contribution in [0.3, 0.4) is 0 Å². The Balaban J connectivity index is 1.74. The van der Waals surface area contributed by atoms with Crippen LogP contribution in [0.1, 0.15) is 58.3 Å². The van der Waals surface area contributed by atoms with Crippen molar-refractivity contribution in [3.63, 3.8) is 0 Å². The quantitative estimate of drug-likeness (QED) is 0.770. The maximum Gasteiger partial charge on any atom is 0.0203 e. The Bertz CT molecular complexity index is 177. The predicted octanol–water partition coefficient (Wildman–Crippen LogP) is 3.58. The van der Waals surface area contributed by atoms with E-state index < -0.39 is 0 Å². The van der Waals surface area contributed by atoms with Crippen molar-refractivity contribution in [2.75, 3.05) is 6.54 Å². The summed E-state index contributed by atoms with van der Waals surface area (Å²) in [6.07, 6.45) is 11.5. The van der Waals surface area contributed by atoms with Crippen LogP contribution in [0, 0.1) is 0 Å². The monoisotopic (exact) mass is 227 g/mol. The molecule has 0 bridgehead atoms. The standard InChI is InChI=1S/C13H25NS/c1-2-10-14-12-8-5-9-13(12)15-11-6-3-4-7-11/h11-14H,2-10H2,1H3. The van der Waals surface area contributed by atoms with Crippen molar-refractivity contribution in [3.8, 4) is 0 Å². The second kappa shape index (κ2) is 6.15. The Hall–Kier alpha value is 0.310. The first-order chi connectivity index (χ1) is 7.40. The molecule has 15 heavy (non-hydrogen) atoms. The summed E-state index contributed by atoms with van der Waals surface area (Å²) in [4.78, 5) is 0. The summed E-state index contributed by atoms with van der Waals surface area (Å²) in [6, 6.07) is 0.829. The predicted molar refractivity (Wildman–Crippen MR) is 69.6 cm³/mol. The van der Waals surface area contributed by atoms with Gasteiger partial charge in [-0.05, 0) is 38.6 Å². The molecule has 0 aromatic rings. The summed E-state index contributed by atoms with van der Waals surface area (Å²) in [6.45, 7) is 3.48.